The Bertz CT molecular complexity index is 823. The molecule has 1 amide bonds. The minimum atomic E-state index is -1.01. The van der Waals surface area contributed by atoms with Gasteiger partial charge < -0.3 is 15.2 Å². The first kappa shape index (κ1) is 21.1. The van der Waals surface area contributed by atoms with Gasteiger partial charge in [0, 0.05) is 18.5 Å². The van der Waals surface area contributed by atoms with Crippen molar-refractivity contribution in [2.45, 2.75) is 39.5 Å². The Hall–Kier alpha value is -3.22. The van der Waals surface area contributed by atoms with Crippen molar-refractivity contribution in [3.63, 3.8) is 0 Å². The number of ether oxygens (including phenoxy) is 1. The van der Waals surface area contributed by atoms with E-state index in [0.717, 1.165) is 5.56 Å². The van der Waals surface area contributed by atoms with E-state index in [9.17, 15) is 14.4 Å². The van der Waals surface area contributed by atoms with Gasteiger partial charge >= 0.3 is 12.1 Å². The van der Waals surface area contributed by atoms with Crippen molar-refractivity contribution >= 4 is 17.8 Å². The first-order valence-electron chi connectivity index (χ1n) is 9.07. The maximum atomic E-state index is 12.2. The Balaban J connectivity index is 1.84. The van der Waals surface area contributed by atoms with Crippen molar-refractivity contribution in [3.8, 4) is 0 Å². The summed E-state index contributed by atoms with van der Waals surface area (Å²) in [6, 6.07) is 13.0. The van der Waals surface area contributed by atoms with Crippen LogP contribution in [0.5, 0.6) is 0 Å². The van der Waals surface area contributed by atoms with E-state index in [2.05, 4.69) is 5.32 Å². The fourth-order valence-electron chi connectivity index (χ4n) is 2.65. The molecule has 148 valence electrons. The zero-order valence-electron chi connectivity index (χ0n) is 16.0. The number of ketones is 1. The number of hydrogen-bond donors (Lipinski definition) is 2. The van der Waals surface area contributed by atoms with E-state index in [-0.39, 0.29) is 25.0 Å². The van der Waals surface area contributed by atoms with Gasteiger partial charge in [-0.1, -0.05) is 37.3 Å². The predicted octanol–water partition coefficient (Wildman–Crippen LogP) is 2.58. The second-order valence-corrected chi connectivity index (χ2v) is 6.77. The summed E-state index contributed by atoms with van der Waals surface area (Å²) in [4.78, 5) is 35.0. The van der Waals surface area contributed by atoms with Gasteiger partial charge in [-0.3, -0.25) is 9.59 Å². The highest BCUT2D eigenvalue weighted by Gasteiger charge is 2.19. The lowest BCUT2D eigenvalue weighted by Crippen LogP contribution is -2.41. The van der Waals surface area contributed by atoms with Gasteiger partial charge in [-0.25, -0.2) is 4.79 Å². The third-order valence-electron chi connectivity index (χ3n) is 4.19. The number of carboxylic acid groups (broad SMARTS) is 1. The van der Waals surface area contributed by atoms with E-state index in [1.807, 2.05) is 37.3 Å². The van der Waals surface area contributed by atoms with Crippen LogP contribution < -0.4 is 9.88 Å². The largest absolute Gasteiger partial charge is 0.481 e. The van der Waals surface area contributed by atoms with Gasteiger partial charge in [0.15, 0.2) is 18.2 Å². The van der Waals surface area contributed by atoms with E-state index >= 15 is 0 Å². The van der Waals surface area contributed by atoms with Gasteiger partial charge in [0.2, 0.25) is 0 Å². The molecule has 1 aromatic carbocycles. The van der Waals surface area contributed by atoms with Crippen molar-refractivity contribution in [1.82, 2.24) is 5.32 Å². The van der Waals surface area contributed by atoms with Gasteiger partial charge in [0.25, 0.3) is 6.73 Å². The molecule has 0 saturated heterocycles. The molecular weight excluding hydrogens is 360 g/mol. The SMILES string of the molecule is C[C@H](CC(=O)c1ccc[n+](COC(=O)N[C@@H](C)Cc2ccccc2)c1)C(=O)O. The average molecular weight is 385 g/mol. The molecule has 28 heavy (non-hydrogen) atoms. The summed E-state index contributed by atoms with van der Waals surface area (Å²) in [6.45, 7) is 3.32. The fraction of sp³-hybridized carbons (Fsp3) is 0.333. The quantitative estimate of drug-likeness (QED) is 0.511. The number of aliphatic carboxylic acids is 1. The molecule has 2 atom stereocenters. The van der Waals surface area contributed by atoms with Crippen LogP contribution in [0.25, 0.3) is 0 Å². The molecule has 0 aliphatic rings. The van der Waals surface area contributed by atoms with Gasteiger partial charge in [0.05, 0.1) is 11.5 Å². The molecule has 0 radical (unpaired) electrons. The number of aromatic nitrogens is 1. The van der Waals surface area contributed by atoms with Crippen LogP contribution in [0.2, 0.25) is 0 Å². The molecule has 0 spiro atoms. The summed E-state index contributed by atoms with van der Waals surface area (Å²) in [5, 5.41) is 11.7. The number of Topliss-reactive ketones (excluding diaryl/α,β-unsaturated/α-hetero) is 1. The molecule has 2 aromatic rings. The Morgan fingerprint density at radius 2 is 1.82 bits per heavy atom. The summed E-state index contributed by atoms with van der Waals surface area (Å²) in [5.74, 6) is -2.04. The molecule has 2 N–H and O–H groups in total. The van der Waals surface area contributed by atoms with Gasteiger partial charge in [0.1, 0.15) is 0 Å². The van der Waals surface area contributed by atoms with Crippen LogP contribution in [0, 0.1) is 5.92 Å². The number of benzene rings is 1. The predicted molar refractivity (Wildman–Crippen MR) is 102 cm³/mol. The molecule has 7 heteroatoms. The van der Waals surface area contributed by atoms with Crippen LogP contribution >= 0.6 is 0 Å². The molecule has 0 fully saturated rings. The first-order valence-corrected chi connectivity index (χ1v) is 9.07. The number of pyridine rings is 1. The summed E-state index contributed by atoms with van der Waals surface area (Å²) in [5.41, 5.74) is 1.49. The van der Waals surface area contributed by atoms with Crippen LogP contribution in [0.4, 0.5) is 4.79 Å². The topological polar surface area (TPSA) is 96.6 Å². The number of rotatable bonds is 9. The van der Waals surface area contributed by atoms with E-state index in [1.165, 1.54) is 13.1 Å². The normalized spacial score (nSPS) is 12.6. The van der Waals surface area contributed by atoms with E-state index in [4.69, 9.17) is 9.84 Å². The average Bonchev–Trinajstić information content (AvgIpc) is 2.67. The third-order valence-corrected chi connectivity index (χ3v) is 4.19. The Morgan fingerprint density at radius 3 is 2.50 bits per heavy atom. The molecule has 1 heterocycles. The van der Waals surface area contributed by atoms with Crippen LogP contribution in [-0.4, -0.2) is 29.0 Å². The molecule has 0 aliphatic carbocycles. The molecular formula is C21H25N2O5+. The van der Waals surface area contributed by atoms with Gasteiger partial charge in [-0.15, -0.1) is 0 Å². The number of nitrogens with one attached hydrogen (secondary N) is 1. The summed E-state index contributed by atoms with van der Waals surface area (Å²) >= 11 is 0. The minimum Gasteiger partial charge on any atom is -0.481 e. The highest BCUT2D eigenvalue weighted by molar-refractivity contribution is 5.97. The number of nitrogens with zero attached hydrogens (tertiary/aromatic N) is 1. The second kappa shape index (κ2) is 10.2. The van der Waals surface area contributed by atoms with Crippen LogP contribution in [0.3, 0.4) is 0 Å². The summed E-state index contributed by atoms with van der Waals surface area (Å²) in [7, 11) is 0. The molecule has 7 nitrogen and oxygen atoms in total. The van der Waals surface area contributed by atoms with Crippen molar-refractivity contribution in [2.75, 3.05) is 0 Å². The van der Waals surface area contributed by atoms with Crippen LogP contribution in [-0.2, 0) is 22.7 Å². The lowest BCUT2D eigenvalue weighted by molar-refractivity contribution is -0.727. The van der Waals surface area contributed by atoms with Crippen LogP contribution in [0.1, 0.15) is 36.2 Å². The fourth-order valence-corrected chi connectivity index (χ4v) is 2.65. The van der Waals surface area contributed by atoms with Crippen LogP contribution in [0.15, 0.2) is 54.9 Å². The summed E-state index contributed by atoms with van der Waals surface area (Å²) < 4.78 is 6.75. The minimum absolute atomic E-state index is 0.0561. The number of amides is 1. The molecule has 0 bridgehead atoms. The molecule has 0 saturated carbocycles. The Kier molecular flexibility index (Phi) is 7.68. The zero-order chi connectivity index (χ0) is 20.5. The van der Waals surface area contributed by atoms with E-state index < -0.39 is 18.0 Å². The molecule has 2 rings (SSSR count). The monoisotopic (exact) mass is 385 g/mol. The van der Waals surface area contributed by atoms with Crippen molar-refractivity contribution in [1.29, 1.82) is 0 Å². The zero-order valence-corrected chi connectivity index (χ0v) is 16.0. The maximum Gasteiger partial charge on any atom is 0.412 e. The van der Waals surface area contributed by atoms with Gasteiger partial charge in [-0.05, 0) is 25.0 Å². The number of carbonyl (C=O) groups is 3. The lowest BCUT2D eigenvalue weighted by atomic mass is 10.0. The Labute approximate surface area is 164 Å². The first-order chi connectivity index (χ1) is 13.3. The standard InChI is InChI=1S/C21H24N2O5/c1-15(20(25)26)11-19(24)18-9-6-10-23(13-18)14-28-21(27)22-16(2)12-17-7-4-3-5-8-17/h3-10,13,15-16H,11-12,14H2,1-2H3,(H-,22,25,26,27)/p+1/t15-,16+/m1/s1. The number of hydrogen-bond acceptors (Lipinski definition) is 4. The maximum absolute atomic E-state index is 12.2. The number of carbonyl (C=O) groups excluding carboxylic acids is 2. The Morgan fingerprint density at radius 1 is 1.11 bits per heavy atom. The highest BCUT2D eigenvalue weighted by atomic mass is 16.6. The highest BCUT2D eigenvalue weighted by Crippen LogP contribution is 2.08. The summed E-state index contributed by atoms with van der Waals surface area (Å²) in [6.07, 6.45) is 3.26. The number of carboxylic acids is 1. The third kappa shape index (κ3) is 6.83. The van der Waals surface area contributed by atoms with Crippen molar-refractivity contribution in [2.24, 2.45) is 5.92 Å². The van der Waals surface area contributed by atoms with Gasteiger partial charge in [-0.2, -0.15) is 4.57 Å². The smallest absolute Gasteiger partial charge is 0.412 e. The lowest BCUT2D eigenvalue weighted by Gasteiger charge is -2.13. The molecule has 0 unspecified atom stereocenters. The molecule has 0 aliphatic heterocycles. The molecule has 1 aromatic heterocycles. The van der Waals surface area contributed by atoms with Crippen molar-refractivity contribution < 1.29 is 28.8 Å². The second-order valence-electron chi connectivity index (χ2n) is 6.77. The van der Waals surface area contributed by atoms with E-state index in [0.29, 0.717) is 12.0 Å². The van der Waals surface area contributed by atoms with Crippen molar-refractivity contribution in [3.05, 3.63) is 66.0 Å². The van der Waals surface area contributed by atoms with E-state index in [1.54, 1.807) is 22.9 Å². The number of alkyl carbamates (subject to hydrolysis) is 1.